The average molecular weight is 363 g/mol. The van der Waals surface area contributed by atoms with Crippen LogP contribution in [0.15, 0.2) is 22.7 Å². The van der Waals surface area contributed by atoms with Gasteiger partial charge in [0.15, 0.2) is 0 Å². The Morgan fingerprint density at radius 1 is 1.40 bits per heavy atom. The third kappa shape index (κ3) is 4.79. The second-order valence-electron chi connectivity index (χ2n) is 4.47. The van der Waals surface area contributed by atoms with Gasteiger partial charge in [0, 0.05) is 17.4 Å². The molecule has 0 spiro atoms. The molecule has 0 aliphatic rings. The summed E-state index contributed by atoms with van der Waals surface area (Å²) >= 11 is 3.39. The molecule has 0 aliphatic heterocycles. The van der Waals surface area contributed by atoms with Gasteiger partial charge in [-0.3, -0.25) is 9.10 Å². The summed E-state index contributed by atoms with van der Waals surface area (Å²) in [5.41, 5.74) is 1.61. The number of rotatable bonds is 6. The van der Waals surface area contributed by atoms with Crippen molar-refractivity contribution in [3.63, 3.8) is 0 Å². The van der Waals surface area contributed by atoms with Gasteiger partial charge in [0.05, 0.1) is 18.5 Å². The van der Waals surface area contributed by atoms with E-state index in [1.165, 1.54) is 4.31 Å². The summed E-state index contributed by atoms with van der Waals surface area (Å²) in [4.78, 5) is 11.2. The van der Waals surface area contributed by atoms with Gasteiger partial charge in [-0.1, -0.05) is 28.9 Å². The van der Waals surface area contributed by atoms with Crippen molar-refractivity contribution < 1.29 is 13.2 Å². The van der Waals surface area contributed by atoms with Crippen LogP contribution in [0.5, 0.6) is 0 Å². The highest BCUT2D eigenvalue weighted by Crippen LogP contribution is 2.24. The molecule has 0 radical (unpaired) electrons. The largest absolute Gasteiger partial charge is 0.354 e. The van der Waals surface area contributed by atoms with E-state index in [-0.39, 0.29) is 19.0 Å². The summed E-state index contributed by atoms with van der Waals surface area (Å²) in [6.07, 6.45) is 1.54. The Bertz CT molecular complexity index is 587. The lowest BCUT2D eigenvalue weighted by atomic mass is 10.2. The molecule has 7 heteroatoms. The molecule has 0 aliphatic carbocycles. The van der Waals surface area contributed by atoms with Crippen LogP contribution in [-0.2, 0) is 14.8 Å². The van der Waals surface area contributed by atoms with E-state index in [2.05, 4.69) is 21.2 Å². The SMILES string of the molecule is CCC(=O)NCCN(c1ccc(C)c(Br)c1)S(C)(=O)=O. The molecule has 0 fully saturated rings. The molecule has 0 bridgehead atoms. The first-order valence-corrected chi connectivity index (χ1v) is 8.90. The van der Waals surface area contributed by atoms with Crippen LogP contribution in [0.25, 0.3) is 0 Å². The van der Waals surface area contributed by atoms with Gasteiger partial charge in [-0.2, -0.15) is 0 Å². The Kier molecular flexibility index (Phi) is 6.01. The van der Waals surface area contributed by atoms with Crippen molar-refractivity contribution in [3.8, 4) is 0 Å². The topological polar surface area (TPSA) is 66.5 Å². The van der Waals surface area contributed by atoms with Crippen LogP contribution in [0, 0.1) is 6.92 Å². The number of benzene rings is 1. The molecule has 1 N–H and O–H groups in total. The number of hydrogen-bond donors (Lipinski definition) is 1. The summed E-state index contributed by atoms with van der Waals surface area (Å²) in [5.74, 6) is -0.0939. The number of sulfonamides is 1. The summed E-state index contributed by atoms with van der Waals surface area (Å²) in [5, 5.41) is 2.67. The van der Waals surface area contributed by atoms with Gasteiger partial charge in [-0.05, 0) is 24.6 Å². The molecule has 20 heavy (non-hydrogen) atoms. The van der Waals surface area contributed by atoms with Crippen LogP contribution in [0.2, 0.25) is 0 Å². The fraction of sp³-hybridized carbons (Fsp3) is 0.462. The van der Waals surface area contributed by atoms with Crippen molar-refractivity contribution in [1.82, 2.24) is 5.32 Å². The van der Waals surface area contributed by atoms with Gasteiger partial charge in [-0.25, -0.2) is 8.42 Å². The number of carbonyl (C=O) groups excluding carboxylic acids is 1. The molecule has 112 valence electrons. The number of anilines is 1. The van der Waals surface area contributed by atoms with Gasteiger partial charge in [0.2, 0.25) is 15.9 Å². The summed E-state index contributed by atoms with van der Waals surface area (Å²) < 4.78 is 25.9. The number of hydrogen-bond acceptors (Lipinski definition) is 3. The van der Waals surface area contributed by atoms with E-state index in [9.17, 15) is 13.2 Å². The number of halogens is 1. The van der Waals surface area contributed by atoms with Crippen LogP contribution in [-0.4, -0.2) is 33.7 Å². The Balaban J connectivity index is 2.90. The minimum absolute atomic E-state index is 0.0939. The van der Waals surface area contributed by atoms with Crippen molar-refractivity contribution in [2.24, 2.45) is 0 Å². The molecule has 1 amide bonds. The highest BCUT2D eigenvalue weighted by atomic mass is 79.9. The highest BCUT2D eigenvalue weighted by Gasteiger charge is 2.17. The monoisotopic (exact) mass is 362 g/mol. The van der Waals surface area contributed by atoms with Gasteiger partial charge in [0.25, 0.3) is 0 Å². The van der Waals surface area contributed by atoms with Gasteiger partial charge < -0.3 is 5.32 Å². The van der Waals surface area contributed by atoms with E-state index < -0.39 is 10.0 Å². The van der Waals surface area contributed by atoms with Crippen LogP contribution >= 0.6 is 15.9 Å². The van der Waals surface area contributed by atoms with Crippen molar-refractivity contribution in [1.29, 1.82) is 0 Å². The lowest BCUT2D eigenvalue weighted by molar-refractivity contribution is -0.120. The van der Waals surface area contributed by atoms with E-state index in [0.717, 1.165) is 16.3 Å². The standard InChI is InChI=1S/C13H19BrN2O3S/c1-4-13(17)15-7-8-16(20(3,18)19)11-6-5-10(2)12(14)9-11/h5-6,9H,4,7-8H2,1-3H3,(H,15,17). The molecule has 0 aromatic heterocycles. The molecule has 0 unspecified atom stereocenters. The third-order valence-corrected chi connectivity index (χ3v) is 4.85. The van der Waals surface area contributed by atoms with E-state index in [0.29, 0.717) is 12.1 Å². The zero-order chi connectivity index (χ0) is 15.3. The number of nitrogens with one attached hydrogen (secondary N) is 1. The Labute approximate surface area is 128 Å². The van der Waals surface area contributed by atoms with E-state index >= 15 is 0 Å². The van der Waals surface area contributed by atoms with Gasteiger partial charge >= 0.3 is 0 Å². The van der Waals surface area contributed by atoms with Crippen molar-refractivity contribution in [2.45, 2.75) is 20.3 Å². The fourth-order valence-electron chi connectivity index (χ4n) is 1.65. The second kappa shape index (κ2) is 7.08. The first-order chi connectivity index (χ1) is 9.25. The quantitative estimate of drug-likeness (QED) is 0.841. The maximum absolute atomic E-state index is 11.9. The number of amides is 1. The van der Waals surface area contributed by atoms with Crippen molar-refractivity contribution in [2.75, 3.05) is 23.7 Å². The lowest BCUT2D eigenvalue weighted by Crippen LogP contribution is -2.38. The third-order valence-electron chi connectivity index (χ3n) is 2.80. The molecule has 0 atom stereocenters. The smallest absolute Gasteiger partial charge is 0.232 e. The van der Waals surface area contributed by atoms with Crippen molar-refractivity contribution >= 4 is 37.5 Å². The van der Waals surface area contributed by atoms with Crippen molar-refractivity contribution in [3.05, 3.63) is 28.2 Å². The number of carbonyl (C=O) groups is 1. The van der Waals surface area contributed by atoms with Crippen LogP contribution in [0.4, 0.5) is 5.69 Å². The predicted octanol–water partition coefficient (Wildman–Crippen LogP) is 2.05. The number of aryl methyl sites for hydroxylation is 1. The summed E-state index contributed by atoms with van der Waals surface area (Å²) in [6, 6.07) is 5.36. The maximum atomic E-state index is 11.9. The number of nitrogens with zero attached hydrogens (tertiary/aromatic N) is 1. The zero-order valence-electron chi connectivity index (χ0n) is 11.8. The minimum Gasteiger partial charge on any atom is -0.354 e. The molecule has 0 saturated carbocycles. The summed E-state index contributed by atoms with van der Waals surface area (Å²) in [6.45, 7) is 4.17. The molecule has 0 saturated heterocycles. The van der Waals surface area contributed by atoms with E-state index in [1.807, 2.05) is 13.0 Å². The minimum atomic E-state index is -3.39. The Hall–Kier alpha value is -1.08. The average Bonchev–Trinajstić information content (AvgIpc) is 2.36. The molecular formula is C13H19BrN2O3S. The highest BCUT2D eigenvalue weighted by molar-refractivity contribution is 9.10. The second-order valence-corrected chi connectivity index (χ2v) is 7.23. The Morgan fingerprint density at radius 2 is 2.05 bits per heavy atom. The predicted molar refractivity (Wildman–Crippen MR) is 84.4 cm³/mol. The Morgan fingerprint density at radius 3 is 2.55 bits per heavy atom. The first kappa shape index (κ1) is 17.0. The molecule has 1 aromatic carbocycles. The van der Waals surface area contributed by atoms with Gasteiger partial charge in [-0.15, -0.1) is 0 Å². The molecule has 1 aromatic rings. The van der Waals surface area contributed by atoms with Crippen LogP contribution in [0.1, 0.15) is 18.9 Å². The van der Waals surface area contributed by atoms with Gasteiger partial charge in [0.1, 0.15) is 0 Å². The maximum Gasteiger partial charge on any atom is 0.232 e. The van der Waals surface area contributed by atoms with E-state index in [1.54, 1.807) is 19.1 Å². The zero-order valence-corrected chi connectivity index (χ0v) is 14.2. The first-order valence-electron chi connectivity index (χ1n) is 6.26. The van der Waals surface area contributed by atoms with Crippen LogP contribution < -0.4 is 9.62 Å². The van der Waals surface area contributed by atoms with Crippen LogP contribution in [0.3, 0.4) is 0 Å². The molecule has 0 heterocycles. The fourth-order valence-corrected chi connectivity index (χ4v) is 2.93. The normalized spacial score (nSPS) is 11.2. The summed E-state index contributed by atoms with van der Waals surface area (Å²) in [7, 11) is -3.39. The van der Waals surface area contributed by atoms with E-state index in [4.69, 9.17) is 0 Å². The molecule has 5 nitrogen and oxygen atoms in total. The lowest BCUT2D eigenvalue weighted by Gasteiger charge is -2.23. The molecular weight excluding hydrogens is 344 g/mol. The molecule has 1 rings (SSSR count).